The maximum absolute atomic E-state index is 13.0. The van der Waals surface area contributed by atoms with E-state index in [0.29, 0.717) is 27.0 Å². The number of carboxylic acid groups (broad SMARTS) is 1. The van der Waals surface area contributed by atoms with E-state index in [0.717, 1.165) is 11.1 Å². The lowest BCUT2D eigenvalue weighted by atomic mass is 10.0. The first kappa shape index (κ1) is 28.2. The zero-order valence-corrected chi connectivity index (χ0v) is 22.7. The second-order valence-corrected chi connectivity index (χ2v) is 10.6. The monoisotopic (exact) mass is 560 g/mol. The molecule has 0 saturated carbocycles. The van der Waals surface area contributed by atoms with E-state index in [-0.39, 0.29) is 41.1 Å². The highest BCUT2D eigenvalue weighted by Crippen LogP contribution is 2.39. The van der Waals surface area contributed by atoms with Crippen molar-refractivity contribution < 1.29 is 37.1 Å². The number of aromatic nitrogens is 2. The average Bonchev–Trinajstić information content (AvgIpc) is 3.47. The van der Waals surface area contributed by atoms with Gasteiger partial charge < -0.3 is 19.1 Å². The Bertz CT molecular complexity index is 1490. The molecule has 0 bridgehead atoms. The number of carboxylic acids is 1. The van der Waals surface area contributed by atoms with Gasteiger partial charge in [-0.3, -0.25) is 0 Å². The molecule has 0 fully saturated rings. The van der Waals surface area contributed by atoms with Crippen LogP contribution < -0.4 is 9.47 Å². The van der Waals surface area contributed by atoms with Crippen molar-refractivity contribution in [3.63, 3.8) is 0 Å². The topological polar surface area (TPSA) is 94.7 Å². The third kappa shape index (κ3) is 6.25. The molecule has 1 N–H and O–H groups in total. The number of alkyl halides is 3. The third-order valence-electron chi connectivity index (χ3n) is 5.90. The van der Waals surface area contributed by atoms with Crippen LogP contribution in [0.2, 0.25) is 0 Å². The van der Waals surface area contributed by atoms with E-state index in [1.54, 1.807) is 18.2 Å². The first-order chi connectivity index (χ1) is 18.4. The van der Waals surface area contributed by atoms with E-state index in [1.807, 2.05) is 40.7 Å². The number of rotatable bonds is 9. The Balaban J connectivity index is 1.63. The number of nitrogens with zero attached hydrogens (tertiary/aromatic N) is 2. The number of aromatic carboxylic acids is 1. The highest BCUT2D eigenvalue weighted by Gasteiger charge is 2.33. The lowest BCUT2D eigenvalue weighted by Crippen LogP contribution is -2.17. The SMILES string of the molecule is Cc1cc(OCc2c(-c3ccccc3OC(F)(F)F)noc2C(C)C)ccc1-c1nc(C(=O)O)c(C(C)C)s1. The highest BCUT2D eigenvalue weighted by atomic mass is 32.1. The smallest absolute Gasteiger partial charge is 0.489 e. The van der Waals surface area contributed by atoms with Gasteiger partial charge in [0.1, 0.15) is 34.6 Å². The molecule has 4 rings (SSSR count). The summed E-state index contributed by atoms with van der Waals surface area (Å²) in [4.78, 5) is 16.7. The number of hydrogen-bond acceptors (Lipinski definition) is 7. The van der Waals surface area contributed by atoms with Crippen LogP contribution in [0.5, 0.6) is 11.5 Å². The fraction of sp³-hybridized carbons (Fsp3) is 0.321. The molecule has 39 heavy (non-hydrogen) atoms. The van der Waals surface area contributed by atoms with Gasteiger partial charge in [-0.1, -0.05) is 45.0 Å². The van der Waals surface area contributed by atoms with E-state index in [1.165, 1.54) is 29.5 Å². The Kier molecular flexibility index (Phi) is 8.01. The third-order valence-corrected chi connectivity index (χ3v) is 7.29. The first-order valence-electron chi connectivity index (χ1n) is 12.2. The standard InChI is InChI=1S/C28H27F3N2O5S/c1-14(2)24-20(22(33-38-24)19-8-6-7-9-21(19)37-28(29,30)31)13-36-17-10-11-18(16(5)12-17)26-32-23(27(34)35)25(39-26)15(3)4/h6-12,14-15H,13H2,1-5H3,(H,34,35). The number of hydrogen-bond donors (Lipinski definition) is 1. The molecule has 11 heteroatoms. The van der Waals surface area contributed by atoms with Gasteiger partial charge in [0.15, 0.2) is 5.69 Å². The van der Waals surface area contributed by atoms with Crippen molar-refractivity contribution in [3.8, 4) is 33.3 Å². The van der Waals surface area contributed by atoms with Crippen LogP contribution >= 0.6 is 11.3 Å². The number of thiazole rings is 1. The summed E-state index contributed by atoms with van der Waals surface area (Å²) in [5.74, 6) is -0.535. The van der Waals surface area contributed by atoms with Gasteiger partial charge in [0.05, 0.1) is 5.56 Å². The van der Waals surface area contributed by atoms with Crippen LogP contribution in [0.3, 0.4) is 0 Å². The van der Waals surface area contributed by atoms with Crippen LogP contribution in [0.1, 0.15) is 71.8 Å². The molecule has 2 aromatic heterocycles. The van der Waals surface area contributed by atoms with Gasteiger partial charge in [-0.2, -0.15) is 0 Å². The van der Waals surface area contributed by atoms with Crippen LogP contribution in [0.25, 0.3) is 21.8 Å². The van der Waals surface area contributed by atoms with E-state index >= 15 is 0 Å². The second-order valence-electron chi connectivity index (χ2n) is 9.53. The maximum atomic E-state index is 13.0. The molecule has 206 valence electrons. The number of carbonyl (C=O) groups is 1. The van der Waals surface area contributed by atoms with Crippen molar-refractivity contribution in [2.24, 2.45) is 0 Å². The molecule has 2 aromatic carbocycles. The largest absolute Gasteiger partial charge is 0.573 e. The molecule has 0 aliphatic carbocycles. The van der Waals surface area contributed by atoms with Gasteiger partial charge >= 0.3 is 12.3 Å². The Morgan fingerprint density at radius 1 is 1.08 bits per heavy atom. The molecule has 7 nitrogen and oxygen atoms in total. The lowest BCUT2D eigenvalue weighted by Gasteiger charge is -2.14. The quantitative estimate of drug-likeness (QED) is 0.220. The summed E-state index contributed by atoms with van der Waals surface area (Å²) < 4.78 is 54.8. The minimum absolute atomic E-state index is 0.0105. The summed E-state index contributed by atoms with van der Waals surface area (Å²) in [6.45, 7) is 9.47. The summed E-state index contributed by atoms with van der Waals surface area (Å²) in [6, 6.07) is 11.1. The van der Waals surface area contributed by atoms with Gasteiger partial charge in [0.25, 0.3) is 0 Å². The number of ether oxygens (including phenoxy) is 2. The minimum atomic E-state index is -4.87. The Morgan fingerprint density at radius 3 is 2.38 bits per heavy atom. The molecular formula is C28H27F3N2O5S. The number of para-hydroxylation sites is 1. The van der Waals surface area contributed by atoms with Crippen molar-refractivity contribution in [3.05, 3.63) is 69.9 Å². The van der Waals surface area contributed by atoms with Crippen molar-refractivity contribution in [1.82, 2.24) is 10.1 Å². The fourth-order valence-corrected chi connectivity index (χ4v) is 5.27. The van der Waals surface area contributed by atoms with E-state index in [2.05, 4.69) is 14.9 Å². The van der Waals surface area contributed by atoms with Crippen molar-refractivity contribution in [2.75, 3.05) is 0 Å². The average molecular weight is 561 g/mol. The lowest BCUT2D eigenvalue weighted by molar-refractivity contribution is -0.274. The predicted molar refractivity (Wildman–Crippen MR) is 140 cm³/mol. The minimum Gasteiger partial charge on any atom is -0.489 e. The number of benzene rings is 2. The molecule has 0 amide bonds. The van der Waals surface area contributed by atoms with Gasteiger partial charge in [0.2, 0.25) is 0 Å². The van der Waals surface area contributed by atoms with Gasteiger partial charge in [-0.15, -0.1) is 24.5 Å². The highest BCUT2D eigenvalue weighted by molar-refractivity contribution is 7.15. The van der Waals surface area contributed by atoms with Crippen LogP contribution in [0, 0.1) is 6.92 Å². The Morgan fingerprint density at radius 2 is 1.79 bits per heavy atom. The summed E-state index contributed by atoms with van der Waals surface area (Å²) in [6.07, 6.45) is -4.87. The maximum Gasteiger partial charge on any atom is 0.573 e. The van der Waals surface area contributed by atoms with Gasteiger partial charge in [-0.05, 0) is 48.7 Å². The molecular weight excluding hydrogens is 533 g/mol. The molecule has 0 saturated heterocycles. The second kappa shape index (κ2) is 11.1. The fourth-order valence-electron chi connectivity index (χ4n) is 4.12. The summed E-state index contributed by atoms with van der Waals surface area (Å²) in [5.41, 5.74) is 2.52. The molecule has 0 unspecified atom stereocenters. The van der Waals surface area contributed by atoms with E-state index < -0.39 is 12.3 Å². The molecule has 2 heterocycles. The van der Waals surface area contributed by atoms with Crippen LogP contribution in [-0.4, -0.2) is 27.6 Å². The molecule has 0 atom stereocenters. The predicted octanol–water partition coefficient (Wildman–Crippen LogP) is 8.20. The summed E-state index contributed by atoms with van der Waals surface area (Å²) in [5, 5.41) is 14.2. The molecule has 0 spiro atoms. The normalized spacial score (nSPS) is 11.8. The van der Waals surface area contributed by atoms with E-state index in [4.69, 9.17) is 9.26 Å². The van der Waals surface area contributed by atoms with Gasteiger partial charge in [-0.25, -0.2) is 9.78 Å². The zero-order valence-electron chi connectivity index (χ0n) is 21.9. The van der Waals surface area contributed by atoms with E-state index in [9.17, 15) is 23.1 Å². The number of aryl methyl sites for hydroxylation is 1. The molecule has 0 aliphatic heterocycles. The zero-order chi connectivity index (χ0) is 28.5. The van der Waals surface area contributed by atoms with Crippen LogP contribution in [0.4, 0.5) is 13.2 Å². The summed E-state index contributed by atoms with van der Waals surface area (Å²) in [7, 11) is 0. The van der Waals surface area contributed by atoms with Crippen LogP contribution in [-0.2, 0) is 6.61 Å². The Labute approximate surface area is 227 Å². The first-order valence-corrected chi connectivity index (χ1v) is 13.0. The molecule has 0 aliphatic rings. The van der Waals surface area contributed by atoms with Gasteiger partial charge in [0, 0.05) is 21.9 Å². The van der Waals surface area contributed by atoms with Crippen molar-refractivity contribution in [1.29, 1.82) is 0 Å². The molecule has 0 radical (unpaired) electrons. The number of halogens is 3. The summed E-state index contributed by atoms with van der Waals surface area (Å²) >= 11 is 1.34. The van der Waals surface area contributed by atoms with Crippen molar-refractivity contribution >= 4 is 17.3 Å². The van der Waals surface area contributed by atoms with Crippen molar-refractivity contribution in [2.45, 2.75) is 59.4 Å². The molecule has 4 aromatic rings. The van der Waals surface area contributed by atoms with Crippen LogP contribution in [0.15, 0.2) is 47.0 Å². The Hall–Kier alpha value is -3.86.